The summed E-state index contributed by atoms with van der Waals surface area (Å²) < 4.78 is 5.91. The minimum atomic E-state index is -0.0213. The van der Waals surface area contributed by atoms with Crippen molar-refractivity contribution in [2.45, 2.75) is 26.7 Å². The van der Waals surface area contributed by atoms with Crippen LogP contribution in [0.1, 0.15) is 24.0 Å². The Hall–Kier alpha value is -2.38. The summed E-state index contributed by atoms with van der Waals surface area (Å²) in [5.41, 5.74) is 2.47. The topological polar surface area (TPSA) is 73.5 Å². The molecule has 1 fully saturated rings. The van der Waals surface area contributed by atoms with Crippen molar-refractivity contribution in [3.63, 3.8) is 0 Å². The molecule has 7 heteroatoms. The Labute approximate surface area is 167 Å². The average Bonchev–Trinajstić information content (AvgIpc) is 3.17. The maximum absolute atomic E-state index is 12.0. The number of hydrogen-bond donors (Lipinski definition) is 2. The minimum Gasteiger partial charge on any atom is -0.493 e. The SMILES string of the molecule is Cc1ccc(OCCCCN2CCN(CC(=O)Nc3ncc[nH]3)CC2)c(C)c1. The van der Waals surface area contributed by atoms with Crippen LogP contribution in [-0.4, -0.2) is 71.6 Å². The van der Waals surface area contributed by atoms with E-state index in [0.29, 0.717) is 12.5 Å². The number of ether oxygens (including phenoxy) is 1. The lowest BCUT2D eigenvalue weighted by atomic mass is 10.1. The van der Waals surface area contributed by atoms with E-state index in [1.165, 1.54) is 11.1 Å². The van der Waals surface area contributed by atoms with Crippen LogP contribution in [0.4, 0.5) is 5.95 Å². The maximum atomic E-state index is 12.0. The zero-order chi connectivity index (χ0) is 19.8. The van der Waals surface area contributed by atoms with Crippen LogP contribution in [0, 0.1) is 13.8 Å². The summed E-state index contributed by atoms with van der Waals surface area (Å²) in [6, 6.07) is 6.31. The standard InChI is InChI=1S/C21H31N5O2/c1-17-5-6-19(18(2)15-17)28-14-4-3-9-25-10-12-26(13-11-25)16-20(27)24-21-22-7-8-23-21/h5-8,15H,3-4,9-14,16H2,1-2H3,(H2,22,23,24,27). The molecule has 1 aromatic carbocycles. The second-order valence-electron chi connectivity index (χ2n) is 7.43. The van der Waals surface area contributed by atoms with Crippen LogP contribution in [-0.2, 0) is 4.79 Å². The van der Waals surface area contributed by atoms with Crippen molar-refractivity contribution in [3.8, 4) is 5.75 Å². The summed E-state index contributed by atoms with van der Waals surface area (Å²) in [6.45, 7) is 10.3. The normalized spacial score (nSPS) is 15.5. The number of unbranched alkanes of at least 4 members (excludes halogenated alkanes) is 1. The van der Waals surface area contributed by atoms with E-state index in [1.54, 1.807) is 12.4 Å². The molecule has 7 nitrogen and oxygen atoms in total. The van der Waals surface area contributed by atoms with Crippen molar-refractivity contribution in [3.05, 3.63) is 41.7 Å². The van der Waals surface area contributed by atoms with Gasteiger partial charge in [-0.05, 0) is 44.9 Å². The number of aryl methyl sites for hydroxylation is 2. The molecule has 1 aliphatic rings. The van der Waals surface area contributed by atoms with Crippen molar-refractivity contribution >= 4 is 11.9 Å². The summed E-state index contributed by atoms with van der Waals surface area (Å²) >= 11 is 0. The monoisotopic (exact) mass is 385 g/mol. The van der Waals surface area contributed by atoms with Crippen LogP contribution in [0.15, 0.2) is 30.6 Å². The number of rotatable bonds is 9. The number of H-pyrrole nitrogens is 1. The predicted octanol–water partition coefficient (Wildman–Crippen LogP) is 2.44. The van der Waals surface area contributed by atoms with E-state index < -0.39 is 0 Å². The average molecular weight is 386 g/mol. The minimum absolute atomic E-state index is 0.0213. The Morgan fingerprint density at radius 3 is 2.68 bits per heavy atom. The predicted molar refractivity (Wildman–Crippen MR) is 111 cm³/mol. The molecule has 0 unspecified atom stereocenters. The molecule has 0 spiro atoms. The molecule has 3 rings (SSSR count). The molecule has 0 radical (unpaired) electrons. The number of benzene rings is 1. The molecule has 1 aromatic heterocycles. The molecule has 152 valence electrons. The highest BCUT2D eigenvalue weighted by atomic mass is 16.5. The first-order chi connectivity index (χ1) is 13.6. The number of piperazine rings is 1. The van der Waals surface area contributed by atoms with Gasteiger partial charge in [-0.15, -0.1) is 0 Å². The number of nitrogens with one attached hydrogen (secondary N) is 2. The third-order valence-electron chi connectivity index (χ3n) is 5.04. The molecule has 0 saturated carbocycles. The third-order valence-corrected chi connectivity index (χ3v) is 5.04. The Balaban J connectivity index is 1.26. The number of aromatic amines is 1. The second-order valence-corrected chi connectivity index (χ2v) is 7.43. The first kappa shape index (κ1) is 20.4. The fourth-order valence-electron chi connectivity index (χ4n) is 3.46. The van der Waals surface area contributed by atoms with Crippen LogP contribution in [0.3, 0.4) is 0 Å². The Morgan fingerprint density at radius 2 is 1.96 bits per heavy atom. The van der Waals surface area contributed by atoms with E-state index >= 15 is 0 Å². The van der Waals surface area contributed by atoms with Gasteiger partial charge in [0.2, 0.25) is 11.9 Å². The number of amides is 1. The van der Waals surface area contributed by atoms with Crippen molar-refractivity contribution in [2.24, 2.45) is 0 Å². The number of imidazole rings is 1. The van der Waals surface area contributed by atoms with Gasteiger partial charge >= 0.3 is 0 Å². The molecule has 2 N–H and O–H groups in total. The third kappa shape index (κ3) is 6.35. The lowest BCUT2D eigenvalue weighted by molar-refractivity contribution is -0.117. The van der Waals surface area contributed by atoms with E-state index in [2.05, 4.69) is 57.1 Å². The Bertz CT molecular complexity index is 739. The van der Waals surface area contributed by atoms with Crippen LogP contribution in [0.5, 0.6) is 5.75 Å². The number of nitrogens with zero attached hydrogens (tertiary/aromatic N) is 3. The fourth-order valence-corrected chi connectivity index (χ4v) is 3.46. The zero-order valence-corrected chi connectivity index (χ0v) is 16.9. The van der Waals surface area contributed by atoms with E-state index in [0.717, 1.165) is 57.9 Å². The van der Waals surface area contributed by atoms with Crippen LogP contribution >= 0.6 is 0 Å². The van der Waals surface area contributed by atoms with E-state index in [1.807, 2.05) is 0 Å². The highest BCUT2D eigenvalue weighted by molar-refractivity contribution is 5.90. The molecule has 0 atom stereocenters. The van der Waals surface area contributed by atoms with Crippen LogP contribution in [0.25, 0.3) is 0 Å². The van der Waals surface area contributed by atoms with Crippen molar-refractivity contribution < 1.29 is 9.53 Å². The molecule has 1 amide bonds. The zero-order valence-electron chi connectivity index (χ0n) is 16.9. The summed E-state index contributed by atoms with van der Waals surface area (Å²) in [4.78, 5) is 23.6. The van der Waals surface area contributed by atoms with Crippen molar-refractivity contribution in [2.75, 3.05) is 51.2 Å². The van der Waals surface area contributed by atoms with E-state index in [4.69, 9.17) is 4.74 Å². The number of carbonyl (C=O) groups excluding carboxylic acids is 1. The molecule has 28 heavy (non-hydrogen) atoms. The van der Waals surface area contributed by atoms with Gasteiger partial charge in [0.25, 0.3) is 0 Å². The van der Waals surface area contributed by atoms with Gasteiger partial charge in [0.05, 0.1) is 13.2 Å². The van der Waals surface area contributed by atoms with Gasteiger partial charge in [-0.25, -0.2) is 4.98 Å². The molecule has 2 heterocycles. The van der Waals surface area contributed by atoms with Gasteiger partial charge < -0.3 is 14.6 Å². The number of aromatic nitrogens is 2. The number of hydrogen-bond acceptors (Lipinski definition) is 5. The smallest absolute Gasteiger partial charge is 0.240 e. The van der Waals surface area contributed by atoms with Gasteiger partial charge in [-0.1, -0.05) is 17.7 Å². The Kier molecular flexibility index (Phi) is 7.45. The molecule has 2 aromatic rings. The summed E-state index contributed by atoms with van der Waals surface area (Å²) in [7, 11) is 0. The van der Waals surface area contributed by atoms with Crippen LogP contribution < -0.4 is 10.1 Å². The van der Waals surface area contributed by atoms with Gasteiger partial charge in [-0.2, -0.15) is 0 Å². The fraction of sp³-hybridized carbons (Fsp3) is 0.524. The first-order valence-electron chi connectivity index (χ1n) is 10.0. The molecule has 1 saturated heterocycles. The molecular weight excluding hydrogens is 354 g/mol. The molecule has 1 aliphatic heterocycles. The van der Waals surface area contributed by atoms with Crippen molar-refractivity contribution in [1.29, 1.82) is 0 Å². The van der Waals surface area contributed by atoms with Gasteiger partial charge in [0.1, 0.15) is 5.75 Å². The van der Waals surface area contributed by atoms with Gasteiger partial charge in [0, 0.05) is 38.6 Å². The molecular formula is C21H31N5O2. The Morgan fingerprint density at radius 1 is 1.18 bits per heavy atom. The van der Waals surface area contributed by atoms with Crippen LogP contribution in [0.2, 0.25) is 0 Å². The van der Waals surface area contributed by atoms with Crippen molar-refractivity contribution in [1.82, 2.24) is 19.8 Å². The first-order valence-corrected chi connectivity index (χ1v) is 10.0. The second kappa shape index (κ2) is 10.2. The summed E-state index contributed by atoms with van der Waals surface area (Å²) in [5.74, 6) is 1.48. The summed E-state index contributed by atoms with van der Waals surface area (Å²) in [6.07, 6.45) is 5.51. The van der Waals surface area contributed by atoms with E-state index in [9.17, 15) is 4.79 Å². The highest BCUT2D eigenvalue weighted by Gasteiger charge is 2.18. The number of carbonyl (C=O) groups is 1. The summed E-state index contributed by atoms with van der Waals surface area (Å²) in [5, 5.41) is 2.77. The quantitative estimate of drug-likeness (QED) is 0.649. The van der Waals surface area contributed by atoms with E-state index in [-0.39, 0.29) is 5.91 Å². The molecule has 0 aliphatic carbocycles. The largest absolute Gasteiger partial charge is 0.493 e. The lowest BCUT2D eigenvalue weighted by Crippen LogP contribution is -2.48. The number of anilines is 1. The molecule has 0 bridgehead atoms. The highest BCUT2D eigenvalue weighted by Crippen LogP contribution is 2.19. The van der Waals surface area contributed by atoms with Gasteiger partial charge in [0.15, 0.2) is 0 Å². The maximum Gasteiger partial charge on any atom is 0.240 e. The lowest BCUT2D eigenvalue weighted by Gasteiger charge is -2.34. The van der Waals surface area contributed by atoms with Gasteiger partial charge in [-0.3, -0.25) is 15.0 Å².